The third-order valence-corrected chi connectivity index (χ3v) is 1.78. The van der Waals surface area contributed by atoms with Gasteiger partial charge in [0.2, 0.25) is 0 Å². The predicted molar refractivity (Wildman–Crippen MR) is 53.0 cm³/mol. The largest absolute Gasteiger partial charge is 0.504 e. The number of rotatable bonds is 3. The van der Waals surface area contributed by atoms with Gasteiger partial charge in [0.05, 0.1) is 26.0 Å². The van der Waals surface area contributed by atoms with Crippen LogP contribution in [0.3, 0.4) is 0 Å². The minimum atomic E-state index is -0.0407. The van der Waals surface area contributed by atoms with Gasteiger partial charge in [0.15, 0.2) is 11.5 Å². The quantitative estimate of drug-likeness (QED) is 0.424. The molecule has 0 bridgehead atoms. The lowest BCUT2D eigenvalue weighted by molar-refractivity contribution is 0.365. The normalized spacial score (nSPS) is 10.4. The van der Waals surface area contributed by atoms with E-state index in [1.165, 1.54) is 20.4 Å². The van der Waals surface area contributed by atoms with Gasteiger partial charge in [-0.05, 0) is 12.1 Å². The van der Waals surface area contributed by atoms with E-state index in [-0.39, 0.29) is 5.75 Å². The zero-order valence-electron chi connectivity index (χ0n) is 8.02. The maximum Gasteiger partial charge on any atom is 0.170 e. The summed E-state index contributed by atoms with van der Waals surface area (Å²) in [5, 5.41) is 13.0. The van der Waals surface area contributed by atoms with Crippen LogP contribution in [0.25, 0.3) is 0 Å². The molecule has 0 amide bonds. The molecule has 0 radical (unpaired) electrons. The molecule has 0 aromatic heterocycles. The van der Waals surface area contributed by atoms with Crippen LogP contribution in [0.15, 0.2) is 17.2 Å². The van der Waals surface area contributed by atoms with Crippen LogP contribution in [-0.2, 0) is 0 Å². The molecule has 0 fully saturated rings. The Kier molecular flexibility index (Phi) is 3.17. The molecule has 0 aliphatic carbocycles. The van der Waals surface area contributed by atoms with Crippen molar-refractivity contribution in [1.29, 1.82) is 0 Å². The van der Waals surface area contributed by atoms with Crippen molar-refractivity contribution in [1.82, 2.24) is 0 Å². The summed E-state index contributed by atoms with van der Waals surface area (Å²) in [6, 6.07) is 3.26. The highest BCUT2D eigenvalue weighted by Gasteiger charge is 2.11. The summed E-state index contributed by atoms with van der Waals surface area (Å²) >= 11 is 0. The zero-order chi connectivity index (χ0) is 10.6. The molecule has 0 saturated carbocycles. The molecule has 5 heteroatoms. The Morgan fingerprint density at radius 1 is 1.29 bits per heavy atom. The lowest BCUT2D eigenvalue weighted by Crippen LogP contribution is -1.95. The van der Waals surface area contributed by atoms with E-state index >= 15 is 0 Å². The molecule has 5 nitrogen and oxygen atoms in total. The summed E-state index contributed by atoms with van der Waals surface area (Å²) in [4.78, 5) is 0. The highest BCUT2D eigenvalue weighted by Crippen LogP contribution is 2.34. The Morgan fingerprint density at radius 3 is 2.36 bits per heavy atom. The minimum Gasteiger partial charge on any atom is -0.504 e. The summed E-state index contributed by atoms with van der Waals surface area (Å²) in [6.07, 6.45) is 1.30. The van der Waals surface area contributed by atoms with Crippen LogP contribution in [0, 0.1) is 0 Å². The second-order valence-corrected chi connectivity index (χ2v) is 2.51. The first-order valence-corrected chi connectivity index (χ1v) is 3.91. The van der Waals surface area contributed by atoms with Crippen molar-refractivity contribution in [2.75, 3.05) is 14.2 Å². The summed E-state index contributed by atoms with van der Waals surface area (Å²) in [6.45, 7) is 0. The van der Waals surface area contributed by atoms with Crippen LogP contribution < -0.4 is 15.3 Å². The number of benzene rings is 1. The van der Waals surface area contributed by atoms with Crippen molar-refractivity contribution in [3.63, 3.8) is 0 Å². The van der Waals surface area contributed by atoms with E-state index in [1.807, 2.05) is 0 Å². The number of nitrogens with two attached hydrogens (primary N) is 1. The Balaban J connectivity index is 3.31. The van der Waals surface area contributed by atoms with Crippen molar-refractivity contribution < 1.29 is 14.6 Å². The monoisotopic (exact) mass is 196 g/mol. The molecule has 0 spiro atoms. The van der Waals surface area contributed by atoms with Gasteiger partial charge in [-0.25, -0.2) is 0 Å². The topological polar surface area (TPSA) is 77.1 Å². The SMILES string of the molecule is COc1ccc(OC)c(C=NN)c1O. The average Bonchev–Trinajstić information content (AvgIpc) is 2.21. The molecule has 1 rings (SSSR count). The first-order chi connectivity index (χ1) is 6.74. The molecule has 76 valence electrons. The maximum absolute atomic E-state index is 9.68. The molecule has 3 N–H and O–H groups in total. The number of hydrazone groups is 1. The van der Waals surface area contributed by atoms with E-state index in [9.17, 15) is 5.11 Å². The molecule has 0 aliphatic heterocycles. The van der Waals surface area contributed by atoms with Crippen LogP contribution in [-0.4, -0.2) is 25.5 Å². The van der Waals surface area contributed by atoms with Crippen LogP contribution in [0.2, 0.25) is 0 Å². The van der Waals surface area contributed by atoms with Crippen LogP contribution >= 0.6 is 0 Å². The van der Waals surface area contributed by atoms with Gasteiger partial charge in [0, 0.05) is 0 Å². The number of ether oxygens (including phenoxy) is 2. The highest BCUT2D eigenvalue weighted by molar-refractivity contribution is 5.88. The molecular weight excluding hydrogens is 184 g/mol. The van der Waals surface area contributed by atoms with Gasteiger partial charge in [0.25, 0.3) is 0 Å². The average molecular weight is 196 g/mol. The van der Waals surface area contributed by atoms with E-state index in [0.717, 1.165) is 0 Å². The van der Waals surface area contributed by atoms with Gasteiger partial charge in [0.1, 0.15) is 5.75 Å². The fourth-order valence-electron chi connectivity index (χ4n) is 1.11. The Morgan fingerprint density at radius 2 is 1.86 bits per heavy atom. The van der Waals surface area contributed by atoms with Gasteiger partial charge in [-0.3, -0.25) is 0 Å². The number of phenolic OH excluding ortho intramolecular Hbond substituents is 1. The first kappa shape index (κ1) is 10.2. The van der Waals surface area contributed by atoms with Gasteiger partial charge in [-0.15, -0.1) is 0 Å². The molecule has 0 aliphatic rings. The van der Waals surface area contributed by atoms with E-state index in [4.69, 9.17) is 15.3 Å². The Bertz CT molecular complexity index is 350. The van der Waals surface area contributed by atoms with Crippen molar-refractivity contribution >= 4 is 6.21 Å². The van der Waals surface area contributed by atoms with Gasteiger partial charge >= 0.3 is 0 Å². The number of hydrogen-bond acceptors (Lipinski definition) is 5. The lowest BCUT2D eigenvalue weighted by atomic mass is 10.2. The van der Waals surface area contributed by atoms with E-state index in [2.05, 4.69) is 5.10 Å². The summed E-state index contributed by atoms with van der Waals surface area (Å²) in [5.74, 6) is 5.80. The van der Waals surface area contributed by atoms with Gasteiger partial charge in [-0.1, -0.05) is 0 Å². The molecule has 0 heterocycles. The van der Waals surface area contributed by atoms with E-state index < -0.39 is 0 Å². The van der Waals surface area contributed by atoms with Gasteiger partial charge in [-0.2, -0.15) is 5.10 Å². The number of hydrogen-bond donors (Lipinski definition) is 2. The number of nitrogens with zero attached hydrogens (tertiary/aromatic N) is 1. The Hall–Kier alpha value is -1.91. The molecule has 0 atom stereocenters. The number of aromatic hydroxyl groups is 1. The minimum absolute atomic E-state index is 0.0407. The predicted octanol–water partition coefficient (Wildman–Crippen LogP) is 0.702. The molecular formula is C9H12N2O3. The highest BCUT2D eigenvalue weighted by atomic mass is 16.5. The fourth-order valence-corrected chi connectivity index (χ4v) is 1.11. The molecule has 1 aromatic carbocycles. The lowest BCUT2D eigenvalue weighted by Gasteiger charge is -2.09. The number of methoxy groups -OCH3 is 2. The zero-order valence-corrected chi connectivity index (χ0v) is 8.02. The maximum atomic E-state index is 9.68. The van der Waals surface area contributed by atoms with Crippen LogP contribution in [0.1, 0.15) is 5.56 Å². The molecule has 1 aromatic rings. The molecule has 14 heavy (non-hydrogen) atoms. The summed E-state index contributed by atoms with van der Waals surface area (Å²) in [7, 11) is 2.96. The van der Waals surface area contributed by atoms with Gasteiger partial charge < -0.3 is 20.4 Å². The smallest absolute Gasteiger partial charge is 0.170 e. The summed E-state index contributed by atoms with van der Waals surface area (Å²) < 4.78 is 9.94. The molecule has 0 saturated heterocycles. The van der Waals surface area contributed by atoms with Crippen molar-refractivity contribution in [2.45, 2.75) is 0 Å². The van der Waals surface area contributed by atoms with Crippen LogP contribution in [0.5, 0.6) is 17.2 Å². The standard InChI is InChI=1S/C9H12N2O3/c1-13-7-3-4-8(14-2)9(12)6(7)5-11-10/h3-5,12H,10H2,1-2H3. The third kappa shape index (κ3) is 1.71. The summed E-state index contributed by atoms with van der Waals surface area (Å²) in [5.41, 5.74) is 0.398. The van der Waals surface area contributed by atoms with Crippen molar-refractivity contribution in [3.8, 4) is 17.2 Å². The van der Waals surface area contributed by atoms with Crippen LogP contribution in [0.4, 0.5) is 0 Å². The first-order valence-electron chi connectivity index (χ1n) is 3.91. The van der Waals surface area contributed by atoms with E-state index in [1.54, 1.807) is 12.1 Å². The fraction of sp³-hybridized carbons (Fsp3) is 0.222. The number of phenols is 1. The second-order valence-electron chi connectivity index (χ2n) is 2.51. The second kappa shape index (κ2) is 4.36. The third-order valence-electron chi connectivity index (χ3n) is 1.78. The van der Waals surface area contributed by atoms with Crippen molar-refractivity contribution in [2.24, 2.45) is 10.9 Å². The Labute approximate surface area is 81.8 Å². The van der Waals surface area contributed by atoms with E-state index in [0.29, 0.717) is 17.1 Å². The van der Waals surface area contributed by atoms with Crippen molar-refractivity contribution in [3.05, 3.63) is 17.7 Å². The molecule has 0 unspecified atom stereocenters.